The molecule has 126 valence electrons. The van der Waals surface area contributed by atoms with Gasteiger partial charge in [-0.3, -0.25) is 4.90 Å². The smallest absolute Gasteiger partial charge is 0.267 e. The lowest BCUT2D eigenvalue weighted by Gasteiger charge is -2.45. The van der Waals surface area contributed by atoms with Crippen LogP contribution in [0, 0.1) is 0 Å². The zero-order chi connectivity index (χ0) is 16.4. The average Bonchev–Trinajstić information content (AvgIpc) is 3.09. The summed E-state index contributed by atoms with van der Waals surface area (Å²) in [6.45, 7) is 3.90. The second kappa shape index (κ2) is 6.32. The minimum absolute atomic E-state index is 0.219. The number of likely N-dealkylation sites (tertiary alicyclic amines) is 1. The van der Waals surface area contributed by atoms with E-state index in [1.165, 1.54) is 0 Å². The number of rotatable bonds is 7. The molecule has 0 unspecified atom stereocenters. The number of alkyl halides is 2. The van der Waals surface area contributed by atoms with Crippen molar-refractivity contribution in [3.63, 3.8) is 0 Å². The van der Waals surface area contributed by atoms with Gasteiger partial charge >= 0.3 is 0 Å². The molecule has 1 aliphatic heterocycles. The van der Waals surface area contributed by atoms with E-state index in [4.69, 9.17) is 9.15 Å². The van der Waals surface area contributed by atoms with Crippen molar-refractivity contribution < 1.29 is 17.9 Å². The summed E-state index contributed by atoms with van der Waals surface area (Å²) in [5.41, 5.74) is 0.425. The van der Waals surface area contributed by atoms with Crippen LogP contribution in [0.25, 0.3) is 11.6 Å². The number of hydrogen-bond donors (Lipinski definition) is 0. The summed E-state index contributed by atoms with van der Waals surface area (Å²) in [4.78, 5) is 6.29. The molecule has 0 aromatic carbocycles. The van der Waals surface area contributed by atoms with Crippen LogP contribution >= 0.6 is 0 Å². The third-order valence-corrected chi connectivity index (χ3v) is 3.81. The second-order valence-corrected chi connectivity index (χ2v) is 6.07. The Morgan fingerprint density at radius 1 is 1.39 bits per heavy atom. The summed E-state index contributed by atoms with van der Waals surface area (Å²) in [6, 6.07) is 0. The molecule has 3 heterocycles. The maximum atomic E-state index is 12.0. The van der Waals surface area contributed by atoms with Gasteiger partial charge in [-0.2, -0.15) is 0 Å². The van der Waals surface area contributed by atoms with E-state index in [0.717, 1.165) is 13.1 Å². The van der Waals surface area contributed by atoms with Crippen LogP contribution in [0.3, 0.4) is 0 Å². The number of hydrogen-bond acceptors (Lipinski definition) is 6. The van der Waals surface area contributed by atoms with Gasteiger partial charge in [0.2, 0.25) is 5.89 Å². The van der Waals surface area contributed by atoms with E-state index < -0.39 is 13.0 Å². The van der Waals surface area contributed by atoms with Crippen molar-refractivity contribution in [1.29, 1.82) is 0 Å². The molecule has 1 aliphatic rings. The first-order valence-corrected chi connectivity index (χ1v) is 7.37. The molecule has 23 heavy (non-hydrogen) atoms. The topological polar surface area (TPSA) is 69.2 Å². The lowest BCUT2D eigenvalue weighted by atomic mass is 9.82. The van der Waals surface area contributed by atoms with Gasteiger partial charge in [0.25, 0.3) is 12.3 Å². The maximum Gasteiger partial charge on any atom is 0.267 e. The van der Waals surface area contributed by atoms with Crippen molar-refractivity contribution in [2.45, 2.75) is 18.8 Å². The van der Waals surface area contributed by atoms with E-state index in [2.05, 4.69) is 20.1 Å². The van der Waals surface area contributed by atoms with E-state index in [1.54, 1.807) is 6.33 Å². The van der Waals surface area contributed by atoms with Crippen LogP contribution in [0.1, 0.15) is 12.8 Å². The van der Waals surface area contributed by atoms with Crippen LogP contribution in [0.4, 0.5) is 8.78 Å². The fourth-order valence-corrected chi connectivity index (χ4v) is 2.69. The molecule has 0 spiro atoms. The van der Waals surface area contributed by atoms with Gasteiger partial charge in [0, 0.05) is 32.9 Å². The molecule has 7 nitrogen and oxygen atoms in total. The number of nitrogens with zero attached hydrogens (tertiary/aromatic N) is 5. The highest BCUT2D eigenvalue weighted by Crippen LogP contribution is 2.34. The van der Waals surface area contributed by atoms with E-state index in [9.17, 15) is 8.78 Å². The first-order chi connectivity index (χ1) is 11.0. The van der Waals surface area contributed by atoms with Crippen LogP contribution in [0.2, 0.25) is 0 Å². The molecule has 3 rings (SSSR count). The van der Waals surface area contributed by atoms with E-state index in [0.29, 0.717) is 30.6 Å². The maximum absolute atomic E-state index is 12.0. The summed E-state index contributed by atoms with van der Waals surface area (Å²) in [5, 5.41) is 8.18. The Hall–Kier alpha value is -1.87. The van der Waals surface area contributed by atoms with Gasteiger partial charge in [-0.1, -0.05) is 0 Å². The summed E-state index contributed by atoms with van der Waals surface area (Å²) < 4.78 is 36.4. The van der Waals surface area contributed by atoms with Gasteiger partial charge in [-0.05, 0) is 6.92 Å². The molecule has 0 radical (unpaired) electrons. The molecule has 0 aliphatic carbocycles. The van der Waals surface area contributed by atoms with Crippen molar-refractivity contribution >= 4 is 0 Å². The average molecular weight is 327 g/mol. The molecular formula is C14H19F2N5O2. The molecule has 0 saturated carbocycles. The van der Waals surface area contributed by atoms with E-state index in [-0.39, 0.29) is 5.41 Å². The first-order valence-electron chi connectivity index (χ1n) is 7.37. The van der Waals surface area contributed by atoms with Crippen LogP contribution in [0.5, 0.6) is 0 Å². The summed E-state index contributed by atoms with van der Waals surface area (Å²) in [5.74, 6) is 0.975. The van der Waals surface area contributed by atoms with Gasteiger partial charge in [0.05, 0.1) is 18.3 Å². The third kappa shape index (κ3) is 3.56. The zero-order valence-electron chi connectivity index (χ0n) is 13.1. The van der Waals surface area contributed by atoms with Gasteiger partial charge < -0.3 is 13.7 Å². The minimum Gasteiger partial charge on any atom is -0.419 e. The number of imidazole rings is 1. The highest BCUT2D eigenvalue weighted by atomic mass is 19.3. The SMILES string of the molecule is Cn1cnc(-c2nnc(C3(C)CN(CCOCC(F)F)C3)o2)c1. The third-order valence-electron chi connectivity index (χ3n) is 3.81. The van der Waals surface area contributed by atoms with Gasteiger partial charge in [-0.15, -0.1) is 10.2 Å². The van der Waals surface area contributed by atoms with Crippen molar-refractivity contribution in [3.05, 3.63) is 18.4 Å². The number of ether oxygens (including phenoxy) is 1. The molecule has 0 atom stereocenters. The first kappa shape index (κ1) is 16.0. The number of halogens is 2. The predicted molar refractivity (Wildman–Crippen MR) is 77.1 cm³/mol. The second-order valence-electron chi connectivity index (χ2n) is 6.07. The van der Waals surface area contributed by atoms with Crippen LogP contribution in [0.15, 0.2) is 16.9 Å². The van der Waals surface area contributed by atoms with Crippen molar-refractivity contribution in [3.8, 4) is 11.6 Å². The number of aromatic nitrogens is 4. The number of aryl methyl sites for hydroxylation is 1. The normalized spacial score (nSPS) is 17.6. The summed E-state index contributed by atoms with van der Waals surface area (Å²) >= 11 is 0. The van der Waals surface area contributed by atoms with Crippen LogP contribution in [-0.4, -0.2) is 63.9 Å². The Morgan fingerprint density at radius 3 is 2.83 bits per heavy atom. The molecule has 0 amide bonds. The van der Waals surface area contributed by atoms with Crippen LogP contribution in [-0.2, 0) is 17.2 Å². The van der Waals surface area contributed by atoms with Crippen LogP contribution < -0.4 is 0 Å². The Balaban J connectivity index is 1.52. The lowest BCUT2D eigenvalue weighted by Crippen LogP contribution is -2.58. The fraction of sp³-hybridized carbons (Fsp3) is 0.643. The molecule has 0 N–H and O–H groups in total. The Bertz CT molecular complexity index is 651. The highest BCUT2D eigenvalue weighted by Gasteiger charge is 2.44. The molecule has 1 fully saturated rings. The van der Waals surface area contributed by atoms with Crippen molar-refractivity contribution in [2.75, 3.05) is 32.8 Å². The summed E-state index contributed by atoms with van der Waals surface area (Å²) in [7, 11) is 1.87. The van der Waals surface area contributed by atoms with E-state index in [1.807, 2.05) is 24.7 Å². The lowest BCUT2D eigenvalue weighted by molar-refractivity contribution is -0.0119. The molecule has 9 heteroatoms. The standard InChI is InChI=1S/C14H19F2N5O2/c1-14(7-21(8-14)3-4-22-6-11(15)16)13-19-18-12(23-13)10-5-20(2)9-17-10/h5,9,11H,3-4,6-8H2,1-2H3. The van der Waals surface area contributed by atoms with Gasteiger partial charge in [0.15, 0.2) is 0 Å². The molecule has 2 aromatic rings. The largest absolute Gasteiger partial charge is 0.419 e. The fourth-order valence-electron chi connectivity index (χ4n) is 2.69. The monoisotopic (exact) mass is 327 g/mol. The Kier molecular flexibility index (Phi) is 4.40. The molecule has 0 bridgehead atoms. The molecular weight excluding hydrogens is 308 g/mol. The quantitative estimate of drug-likeness (QED) is 0.715. The Labute approximate surface area is 132 Å². The predicted octanol–water partition coefficient (Wildman–Crippen LogP) is 1.33. The van der Waals surface area contributed by atoms with Crippen molar-refractivity contribution in [1.82, 2.24) is 24.6 Å². The summed E-state index contributed by atoms with van der Waals surface area (Å²) in [6.07, 6.45) is 1.07. The van der Waals surface area contributed by atoms with E-state index >= 15 is 0 Å². The highest BCUT2D eigenvalue weighted by molar-refractivity contribution is 5.44. The van der Waals surface area contributed by atoms with Crippen molar-refractivity contribution in [2.24, 2.45) is 7.05 Å². The van der Waals surface area contributed by atoms with Gasteiger partial charge in [0.1, 0.15) is 12.3 Å². The molecule has 1 saturated heterocycles. The Morgan fingerprint density at radius 2 is 2.17 bits per heavy atom. The van der Waals surface area contributed by atoms with Gasteiger partial charge in [-0.25, -0.2) is 13.8 Å². The zero-order valence-corrected chi connectivity index (χ0v) is 13.1. The minimum atomic E-state index is -2.42. The molecule has 2 aromatic heterocycles.